The Morgan fingerprint density at radius 2 is 0.778 bits per heavy atom. The molecule has 13 aliphatic rings. The van der Waals surface area contributed by atoms with E-state index in [1.807, 2.05) is 5.56 Å². The van der Waals surface area contributed by atoms with E-state index in [1.165, 1.54) is 107 Å². The molecule has 0 nitrogen and oxygen atoms in total. The van der Waals surface area contributed by atoms with E-state index in [2.05, 4.69) is 30.3 Å². The highest BCUT2D eigenvalue weighted by molar-refractivity contribution is 5.61. The van der Waals surface area contributed by atoms with E-state index >= 15 is 0 Å². The van der Waals surface area contributed by atoms with Gasteiger partial charge in [0.2, 0.25) is 0 Å². The van der Waals surface area contributed by atoms with E-state index in [-0.39, 0.29) is 0 Å². The number of rotatable bonds is 1. The molecule has 21 atom stereocenters. The zero-order chi connectivity index (χ0) is 16.1. The maximum absolute atomic E-state index is 2.57. The quantitative estimate of drug-likeness (QED) is 0.720. The molecule has 0 heterocycles. The van der Waals surface area contributed by atoms with Crippen molar-refractivity contribution in [1.29, 1.82) is 0 Å². The molecule has 0 heteroatoms. The topological polar surface area (TPSA) is 0 Å². The maximum atomic E-state index is 2.57. The van der Waals surface area contributed by atoms with E-state index in [4.69, 9.17) is 0 Å². The van der Waals surface area contributed by atoms with Crippen LogP contribution in [0.4, 0.5) is 0 Å². The minimum absolute atomic E-state index is 0.868. The van der Waals surface area contributed by atoms with E-state index in [0.29, 0.717) is 0 Å². The van der Waals surface area contributed by atoms with Gasteiger partial charge in [0, 0.05) is 0 Å². The molecule has 27 heavy (non-hydrogen) atoms. The molecule has 0 radical (unpaired) electrons. The third-order valence-corrected chi connectivity index (χ3v) is 15.8. The lowest BCUT2D eigenvalue weighted by molar-refractivity contribution is 0.131. The van der Waals surface area contributed by atoms with Crippen LogP contribution >= 0.6 is 0 Å². The van der Waals surface area contributed by atoms with Crippen LogP contribution in [0.15, 0.2) is 30.3 Å². The van der Waals surface area contributed by atoms with Crippen molar-refractivity contribution in [2.75, 3.05) is 0 Å². The first-order valence-corrected chi connectivity index (χ1v) is 12.5. The third kappa shape index (κ3) is 0.572. The van der Waals surface area contributed by atoms with E-state index in [9.17, 15) is 0 Å². The van der Waals surface area contributed by atoms with Gasteiger partial charge in [-0.1, -0.05) is 30.3 Å². The lowest BCUT2D eigenvalue weighted by Crippen LogP contribution is -2.32. The van der Waals surface area contributed by atoms with Crippen LogP contribution in [-0.4, -0.2) is 0 Å². The van der Waals surface area contributed by atoms with Gasteiger partial charge in [-0.15, -0.1) is 0 Å². The molecular formula is C27H24. The molecule has 0 aromatic heterocycles. The fourth-order valence-corrected chi connectivity index (χ4v) is 18.2. The first kappa shape index (κ1) is 11.4. The summed E-state index contributed by atoms with van der Waals surface area (Å²) in [4.78, 5) is 0. The van der Waals surface area contributed by atoms with Gasteiger partial charge in [0.05, 0.1) is 0 Å². The number of hydrogen-bond donors (Lipinski definition) is 0. The summed E-state index contributed by atoms with van der Waals surface area (Å²) >= 11 is 0. The van der Waals surface area contributed by atoms with Crippen LogP contribution in [-0.2, 0) is 0 Å². The Labute approximate surface area is 159 Å². The van der Waals surface area contributed by atoms with Crippen LogP contribution in [0.3, 0.4) is 0 Å². The molecule has 0 aliphatic heterocycles. The summed E-state index contributed by atoms with van der Waals surface area (Å²) in [6.07, 6.45) is 0. The highest BCUT2D eigenvalue weighted by Gasteiger charge is 3.11. The van der Waals surface area contributed by atoms with Gasteiger partial charge >= 0.3 is 0 Å². The Bertz CT molecular complexity index is 956. The fourth-order valence-electron chi connectivity index (χ4n) is 18.2. The van der Waals surface area contributed by atoms with Crippen molar-refractivity contribution in [3.05, 3.63) is 35.9 Å². The maximum Gasteiger partial charge on any atom is -0.00258 e. The van der Waals surface area contributed by atoms with Crippen LogP contribution in [0.5, 0.6) is 0 Å². The molecule has 0 bridgehead atoms. The predicted octanol–water partition coefficient (Wildman–Crippen LogP) is 4.00. The fraction of sp³-hybridized carbons (Fsp3) is 0.778. The zero-order valence-electron chi connectivity index (χ0n) is 15.4. The summed E-state index contributed by atoms with van der Waals surface area (Å²) < 4.78 is 0. The van der Waals surface area contributed by atoms with Gasteiger partial charge < -0.3 is 0 Å². The number of benzene rings is 1. The van der Waals surface area contributed by atoms with E-state index in [0.717, 1.165) is 16.7 Å². The lowest BCUT2D eigenvalue weighted by Gasteiger charge is -2.36. The molecule has 2 spiro atoms. The van der Waals surface area contributed by atoms with E-state index in [1.54, 1.807) is 0 Å². The molecule has 0 N–H and O–H groups in total. The molecule has 132 valence electrons. The predicted molar refractivity (Wildman–Crippen MR) is 96.9 cm³/mol. The zero-order valence-corrected chi connectivity index (χ0v) is 15.4. The molecule has 1 aromatic carbocycles. The molecule has 0 saturated heterocycles. The van der Waals surface area contributed by atoms with Gasteiger partial charge in [0.25, 0.3) is 0 Å². The second-order valence-corrected chi connectivity index (χ2v) is 13.9. The Kier molecular flexibility index (Phi) is 1.08. The van der Waals surface area contributed by atoms with Crippen LogP contribution in [0, 0.1) is 117 Å². The third-order valence-electron chi connectivity index (χ3n) is 15.8. The van der Waals surface area contributed by atoms with Crippen molar-refractivity contribution in [3.8, 4) is 0 Å². The lowest BCUT2D eigenvalue weighted by atomic mass is 9.68. The smallest absolute Gasteiger partial charge is 0.00258 e. The van der Waals surface area contributed by atoms with Gasteiger partial charge in [0.1, 0.15) is 0 Å². The highest BCUT2D eigenvalue weighted by Crippen LogP contribution is 3.15. The van der Waals surface area contributed by atoms with Crippen molar-refractivity contribution in [2.45, 2.75) is 5.92 Å². The number of hydrogen-bond acceptors (Lipinski definition) is 0. The molecule has 0 amide bonds. The van der Waals surface area contributed by atoms with Crippen LogP contribution in [0.2, 0.25) is 0 Å². The average Bonchev–Trinajstić information content (AvgIpc) is 3.35. The van der Waals surface area contributed by atoms with Crippen LogP contribution in [0.1, 0.15) is 11.5 Å². The Hall–Kier alpha value is -0.780. The summed E-state index contributed by atoms with van der Waals surface area (Å²) in [5.41, 5.74) is 3.55. The SMILES string of the molecule is c1ccc(C2C34[C@@H]5C6C7[C@@H]8C9C%10[C@@H]%11C%12C([C@@H]3[C@@H]([C@@H]%129)[C@H]85)[C@H]3[C@H]%11[C@H]([C@H]%107)[C@@H]6C234)cc1. The standard InChI is InChI=1S/C27H24/c1-2-4-6(5-3-1)25-26-21-15-9-7-8-11-13(9)19(21)23-17(11)18-12(8)14-10(7)16(15)22(26)20(14)24(18)27(23,25)26/h1-5,7-25H/t7?,8?,9-,10-,11-,12+,13?,14?,15-,16+,17+,18+,19?,20?,21-,22+,23+,24+,25?,26?,27?/m1/s1. The average molecular weight is 348 g/mol. The highest BCUT2D eigenvalue weighted by atomic mass is 15.1. The largest absolute Gasteiger partial charge is 0.0622 e. The van der Waals surface area contributed by atoms with Gasteiger partial charge in [0.15, 0.2) is 0 Å². The summed E-state index contributed by atoms with van der Waals surface area (Å²) in [6.45, 7) is 0. The van der Waals surface area contributed by atoms with Crippen molar-refractivity contribution in [2.24, 2.45) is 117 Å². The van der Waals surface area contributed by atoms with Gasteiger partial charge in [-0.2, -0.15) is 0 Å². The monoisotopic (exact) mass is 348 g/mol. The first-order valence-electron chi connectivity index (χ1n) is 12.5. The molecule has 13 fully saturated rings. The molecular weight excluding hydrogens is 324 g/mol. The van der Waals surface area contributed by atoms with E-state index < -0.39 is 0 Å². The molecule has 1 aromatic rings. The molecule has 14 rings (SSSR count). The van der Waals surface area contributed by atoms with Crippen LogP contribution < -0.4 is 0 Å². The van der Waals surface area contributed by atoms with Gasteiger partial charge in [-0.3, -0.25) is 0 Å². The Balaban J connectivity index is 1.27. The van der Waals surface area contributed by atoms with Gasteiger partial charge in [-0.05, 0) is 129 Å². The summed E-state index contributed by atoms with van der Waals surface area (Å²) in [5, 5.41) is 0. The second-order valence-electron chi connectivity index (χ2n) is 13.9. The minimum Gasteiger partial charge on any atom is -0.0622 e. The van der Waals surface area contributed by atoms with Crippen molar-refractivity contribution in [3.63, 3.8) is 0 Å². The Morgan fingerprint density at radius 3 is 1.22 bits per heavy atom. The minimum atomic E-state index is 0.868. The molecule has 13 aliphatic carbocycles. The molecule has 13 saturated carbocycles. The summed E-state index contributed by atoms with van der Waals surface area (Å²) in [6, 6.07) is 12.2. The van der Waals surface area contributed by atoms with Gasteiger partial charge in [-0.25, -0.2) is 0 Å². The summed E-state index contributed by atoms with van der Waals surface area (Å²) in [7, 11) is 0. The molecule has 9 unspecified atom stereocenters. The first-order chi connectivity index (χ1) is 13.5. The van der Waals surface area contributed by atoms with Crippen LogP contribution in [0.25, 0.3) is 0 Å². The van der Waals surface area contributed by atoms with Crippen molar-refractivity contribution < 1.29 is 0 Å². The van der Waals surface area contributed by atoms with Crippen molar-refractivity contribution >= 4 is 0 Å². The summed E-state index contributed by atoms with van der Waals surface area (Å²) in [5.74, 6) is 23.8. The normalized spacial score (nSPS) is 92.4. The van der Waals surface area contributed by atoms with Crippen molar-refractivity contribution in [1.82, 2.24) is 0 Å². The Morgan fingerprint density at radius 1 is 0.407 bits per heavy atom. The second kappa shape index (κ2) is 2.55.